The van der Waals surface area contributed by atoms with Crippen LogP contribution in [-0.2, 0) is 21.1 Å². The third-order valence-corrected chi connectivity index (χ3v) is 2.41. The van der Waals surface area contributed by atoms with E-state index in [1.165, 1.54) is 6.20 Å². The van der Waals surface area contributed by atoms with Gasteiger partial charge < -0.3 is 10.6 Å². The maximum atomic E-state index is 11.9. The Hall–Kier alpha value is -0.892. The van der Waals surface area contributed by atoms with Crippen LogP contribution in [0.5, 0.6) is 0 Å². The normalized spacial score (nSPS) is 14.8. The fourth-order valence-electron chi connectivity index (χ4n) is 1.63. The van der Waals surface area contributed by atoms with Crippen molar-refractivity contribution in [1.82, 2.24) is 9.88 Å². The van der Waals surface area contributed by atoms with Crippen molar-refractivity contribution in [3.63, 3.8) is 0 Å². The molecule has 4 nitrogen and oxygen atoms in total. The number of anilines is 1. The molecule has 1 saturated heterocycles. The second kappa shape index (κ2) is 5.26. The third-order valence-electron chi connectivity index (χ3n) is 2.41. The number of nitrogen functional groups attached to an aromatic ring is 1. The molecule has 0 saturated carbocycles. The Morgan fingerprint density at radius 1 is 1.47 bits per heavy atom. The molecule has 1 aliphatic rings. The van der Waals surface area contributed by atoms with Crippen molar-refractivity contribution in [3.8, 4) is 0 Å². The van der Waals surface area contributed by atoms with E-state index in [1.807, 2.05) is 0 Å². The second-order valence-electron chi connectivity index (χ2n) is 3.37. The summed E-state index contributed by atoms with van der Waals surface area (Å²) >= 11 is 0. The van der Waals surface area contributed by atoms with Crippen LogP contribution in [0.15, 0.2) is 12.3 Å². The summed E-state index contributed by atoms with van der Waals surface area (Å²) in [7, 11) is 0. The van der Waals surface area contributed by atoms with E-state index < -0.39 is 0 Å². The van der Waals surface area contributed by atoms with Crippen molar-refractivity contribution in [2.45, 2.75) is 12.8 Å². The molecule has 2 heterocycles. The molecule has 2 N–H and O–H groups in total. The second-order valence-corrected chi connectivity index (χ2v) is 3.37. The molecule has 0 radical (unpaired) electrons. The van der Waals surface area contributed by atoms with E-state index in [9.17, 15) is 4.79 Å². The number of pyridine rings is 1. The fraction of sp³-hybridized carbons (Fsp3) is 0.400. The largest absolute Gasteiger partial charge is 0.398 e. The molecule has 5 heteroatoms. The summed E-state index contributed by atoms with van der Waals surface area (Å²) in [6.07, 6.45) is 3.63. The van der Waals surface area contributed by atoms with Crippen LogP contribution in [0.1, 0.15) is 23.2 Å². The number of nitrogens with zero attached hydrogens (tertiary/aromatic N) is 2. The van der Waals surface area contributed by atoms with E-state index >= 15 is 0 Å². The van der Waals surface area contributed by atoms with E-state index in [0.717, 1.165) is 25.9 Å². The predicted octanol–water partition coefficient (Wildman–Crippen LogP) is 0.697. The van der Waals surface area contributed by atoms with E-state index in [2.05, 4.69) is 11.1 Å². The van der Waals surface area contributed by atoms with Crippen molar-refractivity contribution >= 4 is 11.7 Å². The van der Waals surface area contributed by atoms with Gasteiger partial charge in [0.25, 0.3) is 0 Å². The smallest absolute Gasteiger partial charge is 0.175 e. The molecule has 0 unspecified atom stereocenters. The molecule has 15 heavy (non-hydrogen) atoms. The van der Waals surface area contributed by atoms with E-state index in [4.69, 9.17) is 5.73 Å². The van der Waals surface area contributed by atoms with Crippen LogP contribution in [0.4, 0.5) is 5.82 Å². The van der Waals surface area contributed by atoms with Crippen LogP contribution in [0.2, 0.25) is 0 Å². The average molecular weight is 374 g/mol. The summed E-state index contributed by atoms with van der Waals surface area (Å²) in [4.78, 5) is 17.5. The molecule has 1 aromatic rings. The van der Waals surface area contributed by atoms with Crippen LogP contribution in [-0.4, -0.2) is 28.9 Å². The minimum absolute atomic E-state index is 0. The number of carbonyl (C=O) groups is 1. The van der Waals surface area contributed by atoms with Crippen LogP contribution >= 0.6 is 0 Å². The minimum Gasteiger partial charge on any atom is -0.398 e. The third kappa shape index (κ3) is 2.57. The number of amides is 1. The first-order valence-corrected chi connectivity index (χ1v) is 4.70. The van der Waals surface area contributed by atoms with E-state index in [-0.39, 0.29) is 27.0 Å². The van der Waals surface area contributed by atoms with Gasteiger partial charge in [0.05, 0.1) is 5.82 Å². The molecular formula is C10H12N3OW-. The Morgan fingerprint density at radius 3 is 2.73 bits per heavy atom. The van der Waals surface area contributed by atoms with Gasteiger partial charge in [0, 0.05) is 34.2 Å². The minimum atomic E-state index is -0.0237. The van der Waals surface area contributed by atoms with Crippen molar-refractivity contribution < 1.29 is 25.9 Å². The Bertz CT molecular complexity index is 350. The standard InChI is InChI=1S/C10H12N3O.W/c11-9-8(4-3-5-12-9)10(14)13-6-1-2-7-13;/h4-5H,1-2,6-7H2,(H2,11,12);/q-1;. The van der Waals surface area contributed by atoms with Gasteiger partial charge in [-0.05, 0) is 12.8 Å². The first-order valence-electron chi connectivity index (χ1n) is 4.70. The van der Waals surface area contributed by atoms with Gasteiger partial charge in [0.1, 0.15) is 0 Å². The molecule has 1 fully saturated rings. The van der Waals surface area contributed by atoms with Gasteiger partial charge in [-0.15, -0.1) is 0 Å². The number of nitrogens with two attached hydrogens (primary N) is 1. The number of carbonyl (C=O) groups excluding carboxylic acids is 1. The van der Waals surface area contributed by atoms with Crippen molar-refractivity contribution in [2.75, 3.05) is 18.8 Å². The summed E-state index contributed by atoms with van der Waals surface area (Å²) < 4.78 is 0. The summed E-state index contributed by atoms with van der Waals surface area (Å²) in [5, 5.41) is 0. The maximum absolute atomic E-state index is 11.9. The SMILES string of the molecule is Nc1nc[c-]cc1C(=O)N1CCCC1.[W]. The van der Waals surface area contributed by atoms with Crippen LogP contribution < -0.4 is 5.73 Å². The number of aromatic nitrogens is 1. The number of hydrogen-bond acceptors (Lipinski definition) is 3. The molecule has 0 aliphatic carbocycles. The van der Waals surface area contributed by atoms with E-state index in [1.54, 1.807) is 11.0 Å². The molecule has 0 spiro atoms. The Labute approximate surface area is 103 Å². The summed E-state index contributed by atoms with van der Waals surface area (Å²) in [6, 6.07) is 4.37. The van der Waals surface area contributed by atoms with Gasteiger partial charge in [0.2, 0.25) is 0 Å². The van der Waals surface area contributed by atoms with Crippen LogP contribution in [0.3, 0.4) is 0 Å². The molecular weight excluding hydrogens is 362 g/mol. The Kier molecular flexibility index (Phi) is 4.27. The number of hydrogen-bond donors (Lipinski definition) is 1. The van der Waals surface area contributed by atoms with Gasteiger partial charge in [-0.2, -0.15) is 0 Å². The molecule has 1 aromatic heterocycles. The quantitative estimate of drug-likeness (QED) is 0.737. The molecule has 0 bridgehead atoms. The van der Waals surface area contributed by atoms with Gasteiger partial charge in [-0.3, -0.25) is 9.78 Å². The Balaban J connectivity index is 0.00000112. The summed E-state index contributed by atoms with van der Waals surface area (Å²) in [5.41, 5.74) is 6.08. The monoisotopic (exact) mass is 374 g/mol. The maximum Gasteiger partial charge on any atom is 0.175 e. The zero-order valence-corrected chi connectivity index (χ0v) is 11.2. The first kappa shape index (κ1) is 12.2. The molecule has 1 amide bonds. The predicted molar refractivity (Wildman–Crippen MR) is 52.6 cm³/mol. The molecule has 1 aliphatic heterocycles. The Morgan fingerprint density at radius 2 is 2.13 bits per heavy atom. The van der Waals surface area contributed by atoms with E-state index in [0.29, 0.717) is 11.4 Å². The van der Waals surface area contributed by atoms with Gasteiger partial charge >= 0.3 is 0 Å². The van der Waals surface area contributed by atoms with Crippen LogP contribution in [0.25, 0.3) is 0 Å². The van der Waals surface area contributed by atoms with Gasteiger partial charge in [-0.25, -0.2) is 12.1 Å². The van der Waals surface area contributed by atoms with Crippen molar-refractivity contribution in [2.24, 2.45) is 0 Å². The zero-order chi connectivity index (χ0) is 9.97. The van der Waals surface area contributed by atoms with Crippen LogP contribution in [0, 0.1) is 6.07 Å². The van der Waals surface area contributed by atoms with Crippen molar-refractivity contribution in [3.05, 3.63) is 23.9 Å². The fourth-order valence-corrected chi connectivity index (χ4v) is 1.63. The first-order chi connectivity index (χ1) is 6.79. The molecule has 0 atom stereocenters. The summed E-state index contributed by atoms with van der Waals surface area (Å²) in [5.74, 6) is 0.269. The number of rotatable bonds is 1. The van der Waals surface area contributed by atoms with Gasteiger partial charge in [-0.1, -0.05) is 11.8 Å². The van der Waals surface area contributed by atoms with Gasteiger partial charge in [0.15, 0.2) is 5.91 Å². The molecule has 0 aromatic carbocycles. The summed E-state index contributed by atoms with van der Waals surface area (Å²) in [6.45, 7) is 1.65. The van der Waals surface area contributed by atoms with Crippen molar-refractivity contribution in [1.29, 1.82) is 0 Å². The molecule has 80 valence electrons. The average Bonchev–Trinajstić information content (AvgIpc) is 2.70. The zero-order valence-electron chi connectivity index (χ0n) is 8.27. The molecule has 2 rings (SSSR count). The topological polar surface area (TPSA) is 59.2 Å². The number of likely N-dealkylation sites (tertiary alicyclic amines) is 1.